The molecule has 0 amide bonds. The molecule has 3 heteroatoms. The molecular weight excluding hydrogens is 114 g/mol. The van der Waals surface area contributed by atoms with E-state index in [1.54, 1.807) is 6.21 Å². The Morgan fingerprint density at radius 3 is 2.57 bits per heavy atom. The first-order chi connectivity index (χ1) is 3.00. The van der Waals surface area contributed by atoms with Crippen LogP contribution in [0.5, 0.6) is 0 Å². The quantitative estimate of drug-likeness (QED) is 0.458. The highest BCUT2D eigenvalue weighted by Crippen LogP contribution is 1.79. The highest BCUT2D eigenvalue weighted by Gasteiger charge is 1.86. The van der Waals surface area contributed by atoms with Crippen molar-refractivity contribution in [1.29, 1.82) is 0 Å². The molecule has 0 spiro atoms. The zero-order chi connectivity index (χ0) is 4.24. The molecule has 0 atom stereocenters. The van der Waals surface area contributed by atoms with Crippen LogP contribution in [0, 0.1) is 0 Å². The van der Waals surface area contributed by atoms with Gasteiger partial charge in [-0.15, -0.1) is 12.4 Å². The maximum Gasteiger partial charge on any atom is 0.0815 e. The van der Waals surface area contributed by atoms with Gasteiger partial charge >= 0.3 is 0 Å². The van der Waals surface area contributed by atoms with Gasteiger partial charge in [-0.2, -0.15) is 0 Å². The van der Waals surface area contributed by atoms with Crippen molar-refractivity contribution >= 4 is 18.6 Å². The Bertz CT molecular complexity index is 56.7. The lowest BCUT2D eigenvalue weighted by atomic mass is 10.6. The summed E-state index contributed by atoms with van der Waals surface area (Å²) in [4.78, 5) is 3.93. The molecule has 0 saturated carbocycles. The first kappa shape index (κ1) is 6.92. The average molecular weight is 122 g/mol. The minimum atomic E-state index is 0. The molecule has 1 heterocycles. The molecule has 7 heavy (non-hydrogen) atoms. The van der Waals surface area contributed by atoms with Crippen LogP contribution in [0.15, 0.2) is 4.99 Å². The number of ether oxygens (including phenoxy) is 1. The highest BCUT2D eigenvalue weighted by atomic mass is 35.5. The van der Waals surface area contributed by atoms with E-state index in [-0.39, 0.29) is 12.4 Å². The molecular formula is C4H8ClNO. The fourth-order valence-corrected chi connectivity index (χ4v) is 0.397. The van der Waals surface area contributed by atoms with Crippen molar-refractivity contribution in [3.63, 3.8) is 0 Å². The predicted molar refractivity (Wildman–Crippen MR) is 31.4 cm³/mol. The van der Waals surface area contributed by atoms with Crippen LogP contribution in [0.25, 0.3) is 0 Å². The van der Waals surface area contributed by atoms with Crippen LogP contribution in [0.2, 0.25) is 0 Å². The molecule has 0 N–H and O–H groups in total. The smallest absolute Gasteiger partial charge is 0.0815 e. The number of hydrogen-bond acceptors (Lipinski definition) is 2. The van der Waals surface area contributed by atoms with Crippen LogP contribution in [0.4, 0.5) is 0 Å². The molecule has 0 saturated heterocycles. The van der Waals surface area contributed by atoms with Gasteiger partial charge in [0.25, 0.3) is 0 Å². The molecule has 0 fully saturated rings. The zero-order valence-electron chi connectivity index (χ0n) is 3.96. The largest absolute Gasteiger partial charge is 0.374 e. The lowest BCUT2D eigenvalue weighted by Crippen LogP contribution is -2.06. The Morgan fingerprint density at radius 1 is 1.57 bits per heavy atom. The normalized spacial score (nSPS) is 18.3. The summed E-state index contributed by atoms with van der Waals surface area (Å²) < 4.78 is 4.92. The van der Waals surface area contributed by atoms with E-state index in [0.29, 0.717) is 6.61 Å². The van der Waals surface area contributed by atoms with Crippen LogP contribution < -0.4 is 0 Å². The third-order valence-corrected chi connectivity index (χ3v) is 0.686. The maximum atomic E-state index is 4.92. The molecule has 0 aromatic carbocycles. The van der Waals surface area contributed by atoms with Crippen molar-refractivity contribution in [2.24, 2.45) is 4.99 Å². The summed E-state index contributed by atoms with van der Waals surface area (Å²) in [6, 6.07) is 0. The van der Waals surface area contributed by atoms with E-state index < -0.39 is 0 Å². The Balaban J connectivity index is 0.000000360. The molecule has 42 valence electrons. The van der Waals surface area contributed by atoms with Gasteiger partial charge in [0.15, 0.2) is 0 Å². The molecule has 0 radical (unpaired) electrons. The van der Waals surface area contributed by atoms with Gasteiger partial charge < -0.3 is 4.74 Å². The monoisotopic (exact) mass is 121 g/mol. The second kappa shape index (κ2) is 4.09. The van der Waals surface area contributed by atoms with Crippen molar-refractivity contribution < 1.29 is 4.74 Å². The Kier molecular flexibility index (Phi) is 4.04. The van der Waals surface area contributed by atoms with Crippen molar-refractivity contribution in [1.82, 2.24) is 0 Å². The topological polar surface area (TPSA) is 21.6 Å². The second-order valence-corrected chi connectivity index (χ2v) is 1.16. The van der Waals surface area contributed by atoms with Gasteiger partial charge in [-0.05, 0) is 0 Å². The van der Waals surface area contributed by atoms with Crippen molar-refractivity contribution in [2.45, 2.75) is 0 Å². The van der Waals surface area contributed by atoms with Gasteiger partial charge in [-0.25, -0.2) is 0 Å². The fraction of sp³-hybridized carbons (Fsp3) is 0.750. The number of halogens is 1. The van der Waals surface area contributed by atoms with Gasteiger partial charge in [0.1, 0.15) is 0 Å². The van der Waals surface area contributed by atoms with E-state index in [4.69, 9.17) is 4.74 Å². The number of hydrogen-bond donors (Lipinski definition) is 0. The Labute approximate surface area is 49.0 Å². The lowest BCUT2D eigenvalue weighted by molar-refractivity contribution is 0.174. The third-order valence-electron chi connectivity index (χ3n) is 0.686. The minimum absolute atomic E-state index is 0. The molecule has 0 bridgehead atoms. The van der Waals surface area contributed by atoms with Crippen LogP contribution >= 0.6 is 12.4 Å². The summed E-state index contributed by atoms with van der Waals surface area (Å²) in [6.45, 7) is 2.36. The standard InChI is InChI=1S/C4H7NO.ClH/c1-3-6-4-2-5-1;/h1H,2-4H2;1H. The van der Waals surface area contributed by atoms with Crippen LogP contribution in [-0.4, -0.2) is 26.0 Å². The fourth-order valence-electron chi connectivity index (χ4n) is 0.397. The highest BCUT2D eigenvalue weighted by molar-refractivity contribution is 5.85. The zero-order valence-corrected chi connectivity index (χ0v) is 4.78. The van der Waals surface area contributed by atoms with E-state index in [9.17, 15) is 0 Å². The second-order valence-electron chi connectivity index (χ2n) is 1.16. The number of rotatable bonds is 0. The Morgan fingerprint density at radius 2 is 2.43 bits per heavy atom. The van der Waals surface area contributed by atoms with Crippen LogP contribution in [-0.2, 0) is 4.74 Å². The SMILES string of the molecule is C1=NCCOC1.Cl. The summed E-state index contributed by atoms with van der Waals surface area (Å²) in [6.07, 6.45) is 1.80. The van der Waals surface area contributed by atoms with E-state index >= 15 is 0 Å². The van der Waals surface area contributed by atoms with Crippen LogP contribution in [0.3, 0.4) is 0 Å². The van der Waals surface area contributed by atoms with E-state index in [1.165, 1.54) is 0 Å². The first-order valence-electron chi connectivity index (χ1n) is 2.06. The number of nitrogens with zero attached hydrogens (tertiary/aromatic N) is 1. The van der Waals surface area contributed by atoms with Gasteiger partial charge in [0, 0.05) is 6.21 Å². The molecule has 0 unspecified atom stereocenters. The third kappa shape index (κ3) is 2.60. The van der Waals surface area contributed by atoms with Crippen LogP contribution in [0.1, 0.15) is 0 Å². The molecule has 2 nitrogen and oxygen atoms in total. The molecule has 0 aromatic heterocycles. The van der Waals surface area contributed by atoms with Crippen molar-refractivity contribution in [3.05, 3.63) is 0 Å². The van der Waals surface area contributed by atoms with E-state index in [2.05, 4.69) is 4.99 Å². The van der Waals surface area contributed by atoms with E-state index in [0.717, 1.165) is 13.2 Å². The predicted octanol–water partition coefficient (Wildman–Crippen LogP) is 0.509. The molecule has 1 rings (SSSR count). The average Bonchev–Trinajstić information content (AvgIpc) is 1.72. The minimum Gasteiger partial charge on any atom is -0.374 e. The Hall–Kier alpha value is -0.0800. The van der Waals surface area contributed by atoms with Gasteiger partial charge in [0.05, 0.1) is 19.8 Å². The first-order valence-corrected chi connectivity index (χ1v) is 2.06. The van der Waals surface area contributed by atoms with Crippen molar-refractivity contribution in [3.8, 4) is 0 Å². The summed E-state index contributed by atoms with van der Waals surface area (Å²) in [5.74, 6) is 0. The lowest BCUT2D eigenvalue weighted by Gasteiger charge is -2.00. The summed E-state index contributed by atoms with van der Waals surface area (Å²) >= 11 is 0. The van der Waals surface area contributed by atoms with Gasteiger partial charge in [0.2, 0.25) is 0 Å². The maximum absolute atomic E-state index is 4.92. The summed E-state index contributed by atoms with van der Waals surface area (Å²) in [5.41, 5.74) is 0. The molecule has 1 aliphatic rings. The van der Waals surface area contributed by atoms with Crippen molar-refractivity contribution in [2.75, 3.05) is 19.8 Å². The summed E-state index contributed by atoms with van der Waals surface area (Å²) in [7, 11) is 0. The van der Waals surface area contributed by atoms with Gasteiger partial charge in [-0.1, -0.05) is 0 Å². The summed E-state index contributed by atoms with van der Waals surface area (Å²) in [5, 5.41) is 0. The number of aliphatic imine (C=N–C) groups is 1. The van der Waals surface area contributed by atoms with E-state index in [1.807, 2.05) is 0 Å². The van der Waals surface area contributed by atoms with Gasteiger partial charge in [-0.3, -0.25) is 4.99 Å². The molecule has 0 aliphatic carbocycles. The molecule has 0 aromatic rings. The molecule has 1 aliphatic heterocycles.